The van der Waals surface area contributed by atoms with Crippen molar-refractivity contribution >= 4 is 27.1 Å². The van der Waals surface area contributed by atoms with Crippen LogP contribution in [-0.4, -0.2) is 14.1 Å². The van der Waals surface area contributed by atoms with Crippen molar-refractivity contribution in [2.24, 2.45) is 5.10 Å². The lowest BCUT2D eigenvalue weighted by Crippen LogP contribution is -2.21. The Labute approximate surface area is 151 Å². The molecule has 0 bridgehead atoms. The van der Waals surface area contributed by atoms with Gasteiger partial charge in [-0.05, 0) is 37.4 Å². The van der Waals surface area contributed by atoms with E-state index in [0.717, 1.165) is 21.6 Å². The monoisotopic (exact) mass is 370 g/mol. The predicted molar refractivity (Wildman–Crippen MR) is 103 cm³/mol. The highest BCUT2D eigenvalue weighted by Gasteiger charge is 2.15. The second-order valence-electron chi connectivity index (χ2n) is 5.62. The van der Waals surface area contributed by atoms with Crippen molar-refractivity contribution in [1.82, 2.24) is 4.83 Å². The second-order valence-corrected chi connectivity index (χ2v) is 8.41. The van der Waals surface area contributed by atoms with Crippen LogP contribution >= 0.6 is 11.3 Å². The summed E-state index contributed by atoms with van der Waals surface area (Å²) in [6.45, 7) is 3.90. The molecular formula is C19H18N2O2S2. The standard InChI is InChI=1S/C19H18N2O2S2/c1-14-8-10-17(11-9-14)25(22,23)21-20-19(16-6-4-3-5-7-16)18-12-13-24-15(18)2/h3-13,21H,1-2H3/b20-19-. The lowest BCUT2D eigenvalue weighted by atomic mass is 10.0. The van der Waals surface area contributed by atoms with E-state index in [2.05, 4.69) is 9.93 Å². The van der Waals surface area contributed by atoms with E-state index in [1.807, 2.05) is 55.6 Å². The maximum absolute atomic E-state index is 12.5. The number of nitrogens with one attached hydrogen (secondary N) is 1. The van der Waals surface area contributed by atoms with Crippen LogP contribution < -0.4 is 4.83 Å². The molecule has 0 fully saturated rings. The molecule has 1 aromatic heterocycles. The summed E-state index contributed by atoms with van der Waals surface area (Å²) in [6.07, 6.45) is 0. The largest absolute Gasteiger partial charge is 0.276 e. The van der Waals surface area contributed by atoms with Gasteiger partial charge in [0.25, 0.3) is 10.0 Å². The first-order chi connectivity index (χ1) is 12.0. The number of hydrogen-bond donors (Lipinski definition) is 1. The van der Waals surface area contributed by atoms with Crippen molar-refractivity contribution in [2.45, 2.75) is 18.7 Å². The second kappa shape index (κ2) is 7.21. The highest BCUT2D eigenvalue weighted by molar-refractivity contribution is 7.89. The summed E-state index contributed by atoms with van der Waals surface area (Å²) in [7, 11) is -3.72. The molecule has 0 saturated heterocycles. The first-order valence-corrected chi connectivity index (χ1v) is 10.1. The summed E-state index contributed by atoms with van der Waals surface area (Å²) in [4.78, 5) is 3.65. The zero-order chi connectivity index (χ0) is 17.9. The lowest BCUT2D eigenvalue weighted by molar-refractivity contribution is 0.584. The molecule has 25 heavy (non-hydrogen) atoms. The minimum Gasteiger partial charge on any atom is -0.200 e. The Kier molecular flexibility index (Phi) is 5.01. The number of benzene rings is 2. The van der Waals surface area contributed by atoms with Crippen molar-refractivity contribution in [3.8, 4) is 0 Å². The van der Waals surface area contributed by atoms with Gasteiger partial charge in [0.1, 0.15) is 0 Å². The van der Waals surface area contributed by atoms with E-state index in [-0.39, 0.29) is 4.90 Å². The van der Waals surface area contributed by atoms with E-state index < -0.39 is 10.0 Å². The summed E-state index contributed by atoms with van der Waals surface area (Å²) in [6, 6.07) is 18.2. The molecule has 1 heterocycles. The zero-order valence-electron chi connectivity index (χ0n) is 13.9. The van der Waals surface area contributed by atoms with Gasteiger partial charge in [0.05, 0.1) is 10.6 Å². The SMILES string of the molecule is Cc1ccc(S(=O)(=O)N/N=C(/c2ccccc2)c2ccsc2C)cc1. The van der Waals surface area contributed by atoms with Gasteiger partial charge in [-0.25, -0.2) is 0 Å². The topological polar surface area (TPSA) is 58.5 Å². The van der Waals surface area contributed by atoms with Crippen LogP contribution in [0.1, 0.15) is 21.6 Å². The molecule has 0 aliphatic rings. The fourth-order valence-corrected chi connectivity index (χ4v) is 3.89. The Morgan fingerprint density at radius 1 is 0.960 bits per heavy atom. The number of sulfonamides is 1. The van der Waals surface area contributed by atoms with Gasteiger partial charge >= 0.3 is 0 Å². The van der Waals surface area contributed by atoms with Crippen LogP contribution in [0.2, 0.25) is 0 Å². The molecule has 128 valence electrons. The Bertz CT molecular complexity index is 989. The van der Waals surface area contributed by atoms with Gasteiger partial charge in [0.2, 0.25) is 0 Å². The molecular weight excluding hydrogens is 352 g/mol. The van der Waals surface area contributed by atoms with Crippen molar-refractivity contribution < 1.29 is 8.42 Å². The highest BCUT2D eigenvalue weighted by Crippen LogP contribution is 2.20. The van der Waals surface area contributed by atoms with E-state index in [9.17, 15) is 8.42 Å². The molecule has 0 aliphatic heterocycles. The number of hydrazone groups is 1. The van der Waals surface area contributed by atoms with Crippen LogP contribution in [0, 0.1) is 13.8 Å². The summed E-state index contributed by atoms with van der Waals surface area (Å²) >= 11 is 1.60. The first kappa shape index (κ1) is 17.4. The zero-order valence-corrected chi connectivity index (χ0v) is 15.6. The molecule has 3 aromatic rings. The third kappa shape index (κ3) is 3.97. The average Bonchev–Trinajstić information content (AvgIpc) is 3.02. The van der Waals surface area contributed by atoms with Gasteiger partial charge in [-0.2, -0.15) is 18.4 Å². The Balaban J connectivity index is 1.99. The van der Waals surface area contributed by atoms with Crippen molar-refractivity contribution in [3.63, 3.8) is 0 Å². The third-order valence-electron chi connectivity index (χ3n) is 3.77. The summed E-state index contributed by atoms with van der Waals surface area (Å²) in [5, 5.41) is 6.22. The molecule has 0 unspecified atom stereocenters. The number of rotatable bonds is 5. The molecule has 2 aromatic carbocycles. The molecule has 1 N–H and O–H groups in total. The van der Waals surface area contributed by atoms with E-state index in [1.54, 1.807) is 35.6 Å². The highest BCUT2D eigenvalue weighted by atomic mass is 32.2. The fraction of sp³-hybridized carbons (Fsp3) is 0.105. The summed E-state index contributed by atoms with van der Waals surface area (Å²) in [5.41, 5.74) is 3.38. The van der Waals surface area contributed by atoms with Crippen LogP contribution in [0.3, 0.4) is 0 Å². The Morgan fingerprint density at radius 3 is 2.24 bits per heavy atom. The van der Waals surface area contributed by atoms with E-state index in [1.165, 1.54) is 0 Å². The molecule has 0 radical (unpaired) electrons. The maximum atomic E-state index is 12.5. The first-order valence-electron chi connectivity index (χ1n) is 7.73. The van der Waals surface area contributed by atoms with Crippen molar-refractivity contribution in [2.75, 3.05) is 0 Å². The third-order valence-corrected chi connectivity index (χ3v) is 5.84. The molecule has 0 saturated carbocycles. The lowest BCUT2D eigenvalue weighted by Gasteiger charge is -2.09. The van der Waals surface area contributed by atoms with E-state index >= 15 is 0 Å². The van der Waals surface area contributed by atoms with Gasteiger partial charge in [-0.1, -0.05) is 48.0 Å². The maximum Gasteiger partial charge on any atom is 0.276 e. The average molecular weight is 370 g/mol. The van der Waals surface area contributed by atoms with Gasteiger partial charge in [-0.3, -0.25) is 0 Å². The van der Waals surface area contributed by atoms with Gasteiger partial charge in [0, 0.05) is 16.0 Å². The summed E-state index contributed by atoms with van der Waals surface area (Å²) in [5.74, 6) is 0. The molecule has 0 aliphatic carbocycles. The number of aryl methyl sites for hydroxylation is 2. The normalized spacial score (nSPS) is 12.2. The van der Waals surface area contributed by atoms with Crippen molar-refractivity contribution in [3.05, 3.63) is 87.6 Å². The smallest absolute Gasteiger partial charge is 0.200 e. The number of nitrogens with zero attached hydrogens (tertiary/aromatic N) is 1. The van der Waals surface area contributed by atoms with Crippen LogP contribution in [-0.2, 0) is 10.0 Å². The molecule has 0 atom stereocenters. The predicted octanol–water partition coefficient (Wildman–Crippen LogP) is 4.10. The van der Waals surface area contributed by atoms with E-state index in [0.29, 0.717) is 5.71 Å². The number of hydrogen-bond acceptors (Lipinski definition) is 4. The number of thiophene rings is 1. The fourth-order valence-electron chi connectivity index (χ4n) is 2.38. The van der Waals surface area contributed by atoms with Crippen molar-refractivity contribution in [1.29, 1.82) is 0 Å². The van der Waals surface area contributed by atoms with E-state index in [4.69, 9.17) is 0 Å². The Hall–Kier alpha value is -2.44. The summed E-state index contributed by atoms with van der Waals surface area (Å²) < 4.78 is 25.0. The van der Waals surface area contributed by atoms with Crippen LogP contribution in [0.25, 0.3) is 0 Å². The van der Waals surface area contributed by atoms with Crippen LogP contribution in [0.5, 0.6) is 0 Å². The van der Waals surface area contributed by atoms with Gasteiger partial charge in [0.15, 0.2) is 0 Å². The molecule has 6 heteroatoms. The quantitative estimate of drug-likeness (QED) is 0.543. The minimum absolute atomic E-state index is 0.191. The Morgan fingerprint density at radius 2 is 1.64 bits per heavy atom. The molecule has 3 rings (SSSR count). The molecule has 0 spiro atoms. The van der Waals surface area contributed by atoms with Crippen LogP contribution in [0.4, 0.5) is 0 Å². The molecule has 4 nitrogen and oxygen atoms in total. The van der Waals surface area contributed by atoms with Gasteiger partial charge in [-0.15, -0.1) is 11.3 Å². The van der Waals surface area contributed by atoms with Crippen LogP contribution in [0.15, 0.2) is 76.0 Å². The minimum atomic E-state index is -3.72. The van der Waals surface area contributed by atoms with Gasteiger partial charge < -0.3 is 0 Å². The molecule has 0 amide bonds.